The molecule has 1 unspecified atom stereocenters. The van der Waals surface area contributed by atoms with Crippen LogP contribution in [0.25, 0.3) is 10.7 Å². The van der Waals surface area contributed by atoms with Gasteiger partial charge in [-0.05, 0) is 24.3 Å². The number of likely N-dealkylation sites (tertiary alicyclic amines) is 1. The number of carbonyl (C=O) groups is 3. The van der Waals surface area contributed by atoms with E-state index in [-0.39, 0.29) is 17.9 Å². The molecule has 30 heavy (non-hydrogen) atoms. The number of aromatic nitrogens is 2. The van der Waals surface area contributed by atoms with Gasteiger partial charge in [-0.25, -0.2) is 9.59 Å². The molecule has 2 aromatic heterocycles. The summed E-state index contributed by atoms with van der Waals surface area (Å²) in [6.07, 6.45) is 2.31. The maximum Gasteiger partial charge on any atom is 0.414 e. The minimum absolute atomic E-state index is 0.0498. The molecule has 2 aliphatic heterocycles. The second-order valence-corrected chi connectivity index (χ2v) is 7.82. The van der Waals surface area contributed by atoms with Crippen molar-refractivity contribution in [1.29, 1.82) is 0 Å². The maximum absolute atomic E-state index is 11.9. The van der Waals surface area contributed by atoms with Gasteiger partial charge in [0.05, 0.1) is 23.4 Å². The van der Waals surface area contributed by atoms with Crippen LogP contribution >= 0.6 is 11.3 Å². The summed E-state index contributed by atoms with van der Waals surface area (Å²) in [7, 11) is 0. The van der Waals surface area contributed by atoms with E-state index in [1.54, 1.807) is 11.3 Å². The number of carboxylic acid groups (broad SMARTS) is 2. The summed E-state index contributed by atoms with van der Waals surface area (Å²) >= 11 is 1.59. The van der Waals surface area contributed by atoms with E-state index in [9.17, 15) is 4.79 Å². The molecule has 2 fully saturated rings. The predicted molar refractivity (Wildman–Crippen MR) is 104 cm³/mol. The molecule has 0 saturated carbocycles. The molecule has 1 amide bonds. The fourth-order valence-electron chi connectivity index (χ4n) is 3.05. The molecule has 11 nitrogen and oxygen atoms in total. The highest BCUT2D eigenvalue weighted by atomic mass is 32.1. The second kappa shape index (κ2) is 10.3. The number of rotatable bonds is 6. The molecule has 4 rings (SSSR count). The third-order valence-electron chi connectivity index (χ3n) is 4.59. The highest BCUT2D eigenvalue weighted by Crippen LogP contribution is 2.28. The van der Waals surface area contributed by atoms with Gasteiger partial charge in [-0.2, -0.15) is 4.98 Å². The lowest BCUT2D eigenvalue weighted by molar-refractivity contribution is -0.159. The lowest BCUT2D eigenvalue weighted by atomic mass is 10.0. The molecule has 12 heteroatoms. The fourth-order valence-corrected chi connectivity index (χ4v) is 3.70. The minimum atomic E-state index is -1.82. The van der Waals surface area contributed by atoms with Crippen LogP contribution in [0.5, 0.6) is 0 Å². The van der Waals surface area contributed by atoms with E-state index < -0.39 is 11.9 Å². The normalized spacial score (nSPS) is 18.9. The molecule has 162 valence electrons. The zero-order chi connectivity index (χ0) is 21.5. The Morgan fingerprint density at radius 1 is 1.27 bits per heavy atom. The van der Waals surface area contributed by atoms with Gasteiger partial charge in [0, 0.05) is 26.2 Å². The standard InChI is InChI=1S/C16H20N4O3S.C2H2O4/c21-14(17-7-12-3-1-5-22-12)10-20-8-11(9-20)16-18-15(19-23-16)13-4-2-6-24-13;3-1(4)2(5)6/h2,4,6,11-12H,1,3,5,7-10H2,(H,17,21);(H,3,4)(H,5,6). The van der Waals surface area contributed by atoms with Crippen LogP contribution in [0, 0.1) is 0 Å². The summed E-state index contributed by atoms with van der Waals surface area (Å²) in [6.45, 7) is 3.39. The summed E-state index contributed by atoms with van der Waals surface area (Å²) in [4.78, 5) is 37.7. The first kappa shape index (κ1) is 21.9. The first-order chi connectivity index (χ1) is 14.4. The Morgan fingerprint density at radius 2 is 2.03 bits per heavy atom. The van der Waals surface area contributed by atoms with Crippen molar-refractivity contribution >= 4 is 29.2 Å². The van der Waals surface area contributed by atoms with Crippen molar-refractivity contribution in [2.75, 3.05) is 32.8 Å². The molecule has 0 bridgehead atoms. The zero-order valence-corrected chi connectivity index (χ0v) is 16.8. The van der Waals surface area contributed by atoms with E-state index in [1.807, 2.05) is 17.5 Å². The third-order valence-corrected chi connectivity index (χ3v) is 5.46. The minimum Gasteiger partial charge on any atom is -0.473 e. The molecule has 1 atom stereocenters. The first-order valence-electron chi connectivity index (χ1n) is 9.36. The molecule has 0 aliphatic carbocycles. The van der Waals surface area contributed by atoms with Crippen molar-refractivity contribution in [1.82, 2.24) is 20.4 Å². The van der Waals surface area contributed by atoms with Gasteiger partial charge >= 0.3 is 11.9 Å². The lowest BCUT2D eigenvalue weighted by Gasteiger charge is -2.36. The third kappa shape index (κ3) is 6.08. The summed E-state index contributed by atoms with van der Waals surface area (Å²) in [5.41, 5.74) is 0. The van der Waals surface area contributed by atoms with Crippen LogP contribution in [0.15, 0.2) is 22.0 Å². The lowest BCUT2D eigenvalue weighted by Crippen LogP contribution is -2.50. The van der Waals surface area contributed by atoms with E-state index in [1.165, 1.54) is 0 Å². The van der Waals surface area contributed by atoms with Gasteiger partial charge in [-0.15, -0.1) is 11.3 Å². The first-order valence-corrected chi connectivity index (χ1v) is 10.2. The number of hydrogen-bond acceptors (Lipinski definition) is 9. The number of thiophene rings is 1. The number of carboxylic acids is 2. The van der Waals surface area contributed by atoms with E-state index in [0.717, 1.165) is 37.4 Å². The van der Waals surface area contributed by atoms with Crippen molar-refractivity contribution in [3.8, 4) is 10.7 Å². The largest absolute Gasteiger partial charge is 0.473 e. The Bertz CT molecular complexity index is 846. The number of nitrogens with one attached hydrogen (secondary N) is 1. The van der Waals surface area contributed by atoms with Gasteiger partial charge in [0.2, 0.25) is 17.6 Å². The molecular formula is C18H22N4O7S. The SMILES string of the molecule is O=C(CN1CC(c2nc(-c3cccs3)no2)C1)NCC1CCCO1.O=C(O)C(=O)O. The number of nitrogens with zero attached hydrogens (tertiary/aromatic N) is 3. The molecule has 2 saturated heterocycles. The van der Waals surface area contributed by atoms with E-state index >= 15 is 0 Å². The average Bonchev–Trinajstić information content (AvgIpc) is 3.45. The number of ether oxygens (including phenoxy) is 1. The molecule has 0 spiro atoms. The topological polar surface area (TPSA) is 155 Å². The highest BCUT2D eigenvalue weighted by Gasteiger charge is 2.33. The Hall–Kier alpha value is -2.83. The Morgan fingerprint density at radius 3 is 2.63 bits per heavy atom. The van der Waals surface area contributed by atoms with E-state index in [2.05, 4.69) is 20.4 Å². The van der Waals surface area contributed by atoms with Gasteiger partial charge in [-0.1, -0.05) is 11.2 Å². The number of aliphatic carboxylic acids is 2. The summed E-state index contributed by atoms with van der Waals surface area (Å²) in [5, 5.41) is 23.8. The molecule has 2 aromatic rings. The Balaban J connectivity index is 0.000000377. The van der Waals surface area contributed by atoms with Crippen LogP contribution in [0.3, 0.4) is 0 Å². The monoisotopic (exact) mass is 438 g/mol. The van der Waals surface area contributed by atoms with Crippen LogP contribution in [-0.4, -0.2) is 82.0 Å². The van der Waals surface area contributed by atoms with Gasteiger partial charge < -0.3 is 24.8 Å². The summed E-state index contributed by atoms with van der Waals surface area (Å²) in [6, 6.07) is 3.95. The van der Waals surface area contributed by atoms with Crippen molar-refractivity contribution in [3.63, 3.8) is 0 Å². The van der Waals surface area contributed by atoms with Crippen molar-refractivity contribution in [2.45, 2.75) is 24.9 Å². The Kier molecular flexibility index (Phi) is 7.49. The fraction of sp³-hybridized carbons (Fsp3) is 0.500. The smallest absolute Gasteiger partial charge is 0.414 e. The van der Waals surface area contributed by atoms with Crippen LogP contribution in [-0.2, 0) is 19.1 Å². The number of amides is 1. The summed E-state index contributed by atoms with van der Waals surface area (Å²) in [5.74, 6) is -2.07. The predicted octanol–water partition coefficient (Wildman–Crippen LogP) is 0.648. The zero-order valence-electron chi connectivity index (χ0n) is 16.0. The van der Waals surface area contributed by atoms with Crippen molar-refractivity contribution < 1.29 is 33.9 Å². The number of carbonyl (C=O) groups excluding carboxylic acids is 1. The van der Waals surface area contributed by atoms with Crippen LogP contribution in [0.2, 0.25) is 0 Å². The quantitative estimate of drug-likeness (QED) is 0.547. The molecule has 4 heterocycles. The van der Waals surface area contributed by atoms with Gasteiger partial charge in [0.1, 0.15) is 0 Å². The average molecular weight is 438 g/mol. The molecule has 2 aliphatic rings. The molecule has 3 N–H and O–H groups in total. The van der Waals surface area contributed by atoms with Gasteiger partial charge in [-0.3, -0.25) is 9.69 Å². The molecule has 0 aromatic carbocycles. The van der Waals surface area contributed by atoms with E-state index in [0.29, 0.717) is 24.8 Å². The van der Waals surface area contributed by atoms with Crippen LogP contribution in [0.1, 0.15) is 24.7 Å². The van der Waals surface area contributed by atoms with Crippen LogP contribution < -0.4 is 5.32 Å². The maximum atomic E-state index is 11.9. The molecular weight excluding hydrogens is 416 g/mol. The van der Waals surface area contributed by atoms with Gasteiger partial charge in [0.15, 0.2) is 0 Å². The van der Waals surface area contributed by atoms with Crippen molar-refractivity contribution in [3.05, 3.63) is 23.4 Å². The van der Waals surface area contributed by atoms with Crippen molar-refractivity contribution in [2.24, 2.45) is 0 Å². The van der Waals surface area contributed by atoms with E-state index in [4.69, 9.17) is 29.1 Å². The Labute approximate surface area is 175 Å². The summed E-state index contributed by atoms with van der Waals surface area (Å²) < 4.78 is 10.9. The highest BCUT2D eigenvalue weighted by molar-refractivity contribution is 7.13. The van der Waals surface area contributed by atoms with Gasteiger partial charge in [0.25, 0.3) is 0 Å². The number of hydrogen-bond donors (Lipinski definition) is 3. The second-order valence-electron chi connectivity index (χ2n) is 6.87. The molecule has 0 radical (unpaired) electrons. The van der Waals surface area contributed by atoms with Crippen LogP contribution in [0.4, 0.5) is 0 Å².